The highest BCUT2D eigenvalue weighted by molar-refractivity contribution is 14.1. The van der Waals surface area contributed by atoms with Crippen LogP contribution in [-0.2, 0) is 6.54 Å². The first-order chi connectivity index (χ1) is 12.0. The highest BCUT2D eigenvalue weighted by Crippen LogP contribution is 2.30. The predicted molar refractivity (Wildman–Crippen MR) is 108 cm³/mol. The zero-order valence-corrected chi connectivity index (χ0v) is 16.9. The molecule has 0 amide bonds. The summed E-state index contributed by atoms with van der Waals surface area (Å²) in [6, 6.07) is 6.14. The van der Waals surface area contributed by atoms with E-state index in [9.17, 15) is 0 Å². The van der Waals surface area contributed by atoms with E-state index in [-0.39, 0.29) is 0 Å². The number of anilines is 1. The van der Waals surface area contributed by atoms with Gasteiger partial charge < -0.3 is 19.4 Å². The number of methoxy groups -OCH3 is 2. The summed E-state index contributed by atoms with van der Waals surface area (Å²) in [6.07, 6.45) is 3.72. The minimum Gasteiger partial charge on any atom is -0.497 e. The molecule has 0 aliphatic rings. The number of aromatic nitrogens is 3. The Morgan fingerprint density at radius 3 is 2.68 bits per heavy atom. The van der Waals surface area contributed by atoms with Gasteiger partial charge >= 0.3 is 0 Å². The topological polar surface area (TPSA) is 61.2 Å². The molecule has 0 radical (unpaired) electrons. The van der Waals surface area contributed by atoms with Crippen LogP contribution in [0.5, 0.6) is 11.5 Å². The van der Waals surface area contributed by atoms with Crippen LogP contribution < -0.4 is 14.8 Å². The quantitative estimate of drug-likeness (QED) is 0.567. The molecule has 0 aliphatic heterocycles. The highest BCUT2D eigenvalue weighted by atomic mass is 127. The Morgan fingerprint density at radius 2 is 2.00 bits per heavy atom. The molecule has 1 aromatic carbocycles. The van der Waals surface area contributed by atoms with Crippen molar-refractivity contribution in [2.75, 3.05) is 19.5 Å². The smallest absolute Gasteiger partial charge is 0.146 e. The lowest BCUT2D eigenvalue weighted by atomic mass is 10.2. The fraction of sp³-hybridized carbons (Fsp3) is 0.333. The lowest BCUT2D eigenvalue weighted by Crippen LogP contribution is -2.05. The van der Waals surface area contributed by atoms with Crippen molar-refractivity contribution < 1.29 is 9.47 Å². The number of rotatable bonds is 6. The molecule has 0 saturated heterocycles. The first kappa shape index (κ1) is 17.8. The molecule has 0 aliphatic carbocycles. The summed E-state index contributed by atoms with van der Waals surface area (Å²) < 4.78 is 14.0. The molecule has 0 spiro atoms. The van der Waals surface area contributed by atoms with Gasteiger partial charge in [0.25, 0.3) is 0 Å². The molecule has 3 rings (SSSR count). The van der Waals surface area contributed by atoms with E-state index in [1.165, 1.54) is 0 Å². The van der Waals surface area contributed by atoms with Gasteiger partial charge in [-0.1, -0.05) is 0 Å². The second kappa shape index (κ2) is 7.47. The Kier molecular flexibility index (Phi) is 5.31. The van der Waals surface area contributed by atoms with Crippen LogP contribution in [-0.4, -0.2) is 28.8 Å². The van der Waals surface area contributed by atoms with Gasteiger partial charge in [-0.2, -0.15) is 0 Å². The maximum Gasteiger partial charge on any atom is 0.146 e. The van der Waals surface area contributed by atoms with Gasteiger partial charge in [-0.3, -0.25) is 0 Å². The Balaban J connectivity index is 1.92. The monoisotopic (exact) mass is 452 g/mol. The van der Waals surface area contributed by atoms with Crippen molar-refractivity contribution >= 4 is 39.4 Å². The second-order valence-electron chi connectivity index (χ2n) is 5.93. The van der Waals surface area contributed by atoms with Crippen molar-refractivity contribution in [3.63, 3.8) is 0 Å². The van der Waals surface area contributed by atoms with Gasteiger partial charge in [0.15, 0.2) is 0 Å². The Hall–Kier alpha value is -2.03. The molecule has 25 heavy (non-hydrogen) atoms. The molecule has 3 aromatic rings. The summed E-state index contributed by atoms with van der Waals surface area (Å²) in [7, 11) is 3.30. The van der Waals surface area contributed by atoms with E-state index in [0.29, 0.717) is 12.6 Å². The van der Waals surface area contributed by atoms with E-state index >= 15 is 0 Å². The minimum absolute atomic E-state index is 0.343. The van der Waals surface area contributed by atoms with Crippen LogP contribution in [0, 0.1) is 3.57 Å². The molecule has 2 aromatic heterocycles. The molecule has 0 atom stereocenters. The van der Waals surface area contributed by atoms with Gasteiger partial charge in [-0.05, 0) is 48.6 Å². The third kappa shape index (κ3) is 3.51. The number of nitrogens with one attached hydrogen (secondary N) is 1. The largest absolute Gasteiger partial charge is 0.497 e. The second-order valence-corrected chi connectivity index (χ2v) is 7.09. The summed E-state index contributed by atoms with van der Waals surface area (Å²) in [5.74, 6) is 2.38. The molecule has 1 N–H and O–H groups in total. The Morgan fingerprint density at radius 1 is 1.20 bits per heavy atom. The maximum atomic E-state index is 5.46. The molecule has 0 saturated carbocycles. The van der Waals surface area contributed by atoms with Crippen LogP contribution in [0.15, 0.2) is 30.7 Å². The van der Waals surface area contributed by atoms with Crippen molar-refractivity contribution in [3.05, 3.63) is 39.9 Å². The third-order valence-electron chi connectivity index (χ3n) is 4.06. The van der Waals surface area contributed by atoms with Crippen molar-refractivity contribution in [2.24, 2.45) is 0 Å². The van der Waals surface area contributed by atoms with Crippen molar-refractivity contribution in [2.45, 2.75) is 26.4 Å². The molecule has 6 nitrogen and oxygen atoms in total. The van der Waals surface area contributed by atoms with Gasteiger partial charge in [0, 0.05) is 34.0 Å². The molecule has 0 bridgehead atoms. The van der Waals surface area contributed by atoms with E-state index in [1.807, 2.05) is 18.2 Å². The molecule has 132 valence electrons. The average molecular weight is 452 g/mol. The molecular formula is C18H21IN4O2. The van der Waals surface area contributed by atoms with Gasteiger partial charge in [0.2, 0.25) is 0 Å². The molecule has 2 heterocycles. The minimum atomic E-state index is 0.343. The zero-order valence-electron chi connectivity index (χ0n) is 14.7. The lowest BCUT2D eigenvalue weighted by molar-refractivity contribution is 0.391. The lowest BCUT2D eigenvalue weighted by Gasteiger charge is -2.12. The number of nitrogens with zero attached hydrogens (tertiary/aromatic N) is 3. The van der Waals surface area contributed by atoms with Crippen LogP contribution in [0.1, 0.15) is 25.5 Å². The number of benzene rings is 1. The fourth-order valence-electron chi connectivity index (χ4n) is 2.74. The first-order valence-corrected chi connectivity index (χ1v) is 9.08. The number of halogens is 1. The third-order valence-corrected chi connectivity index (χ3v) is 4.88. The van der Waals surface area contributed by atoms with E-state index in [1.54, 1.807) is 20.5 Å². The van der Waals surface area contributed by atoms with Crippen molar-refractivity contribution in [1.82, 2.24) is 14.5 Å². The van der Waals surface area contributed by atoms with Crippen LogP contribution in [0.2, 0.25) is 0 Å². The molecule has 0 unspecified atom stereocenters. The predicted octanol–water partition coefficient (Wildman–Crippen LogP) is 4.25. The van der Waals surface area contributed by atoms with E-state index in [2.05, 4.69) is 62.5 Å². The summed E-state index contributed by atoms with van der Waals surface area (Å²) in [5, 5.41) is 4.46. The van der Waals surface area contributed by atoms with E-state index in [4.69, 9.17) is 9.47 Å². The molecule has 0 fully saturated rings. The molecular weight excluding hydrogens is 431 g/mol. The highest BCUT2D eigenvalue weighted by Gasteiger charge is 2.15. The van der Waals surface area contributed by atoms with Crippen LogP contribution in [0.3, 0.4) is 0 Å². The van der Waals surface area contributed by atoms with Crippen molar-refractivity contribution in [1.29, 1.82) is 0 Å². The summed E-state index contributed by atoms with van der Waals surface area (Å²) in [6.45, 7) is 4.89. The summed E-state index contributed by atoms with van der Waals surface area (Å²) >= 11 is 2.33. The fourth-order valence-corrected chi connectivity index (χ4v) is 3.54. The standard InChI is InChI=1S/C18H21IN4O2/c1-11(2)23-9-14(19)16-17(21-10-22-18(16)23)20-8-12-5-6-13(24-3)7-15(12)25-4/h5-7,9-11H,8H2,1-4H3,(H,20,21,22). The number of hydrogen-bond acceptors (Lipinski definition) is 5. The SMILES string of the molecule is COc1ccc(CNc2ncnc3c2c(I)cn3C(C)C)c(OC)c1. The average Bonchev–Trinajstić information content (AvgIpc) is 2.97. The normalized spacial score (nSPS) is 11.1. The van der Waals surface area contributed by atoms with Crippen LogP contribution in [0.4, 0.5) is 5.82 Å². The van der Waals surface area contributed by atoms with Gasteiger partial charge in [-0.25, -0.2) is 9.97 Å². The van der Waals surface area contributed by atoms with Crippen molar-refractivity contribution in [3.8, 4) is 11.5 Å². The maximum absolute atomic E-state index is 5.46. The van der Waals surface area contributed by atoms with E-state index in [0.717, 1.165) is 37.5 Å². The number of fused-ring (bicyclic) bond motifs is 1. The number of ether oxygens (including phenoxy) is 2. The first-order valence-electron chi connectivity index (χ1n) is 8.01. The Labute approximate surface area is 160 Å². The Bertz CT molecular complexity index is 892. The number of hydrogen-bond donors (Lipinski definition) is 1. The van der Waals surface area contributed by atoms with Crippen LogP contribution >= 0.6 is 22.6 Å². The summed E-state index contributed by atoms with van der Waals surface area (Å²) in [4.78, 5) is 8.90. The molecule has 7 heteroatoms. The van der Waals surface area contributed by atoms with Gasteiger partial charge in [0.05, 0.1) is 19.6 Å². The van der Waals surface area contributed by atoms with Gasteiger partial charge in [-0.15, -0.1) is 0 Å². The van der Waals surface area contributed by atoms with E-state index < -0.39 is 0 Å². The van der Waals surface area contributed by atoms with Crippen LogP contribution in [0.25, 0.3) is 11.0 Å². The zero-order chi connectivity index (χ0) is 18.0. The van der Waals surface area contributed by atoms with Gasteiger partial charge in [0.1, 0.15) is 29.3 Å². The summed E-state index contributed by atoms with van der Waals surface area (Å²) in [5.41, 5.74) is 1.98.